The number of nitrogens with zero attached hydrogens (tertiary/aromatic N) is 6. The maximum absolute atomic E-state index is 13.0. The van der Waals surface area contributed by atoms with Crippen LogP contribution in [-0.2, 0) is 18.9 Å². The van der Waals surface area contributed by atoms with E-state index >= 15 is 0 Å². The Kier molecular flexibility index (Phi) is 5.81. The molecule has 0 aliphatic rings. The van der Waals surface area contributed by atoms with E-state index in [1.54, 1.807) is 18.2 Å². The van der Waals surface area contributed by atoms with E-state index in [4.69, 9.17) is 16.2 Å². The minimum Gasteiger partial charge on any atom is -0.486 e. The number of nitrogen functional groups attached to an aromatic ring is 2. The summed E-state index contributed by atoms with van der Waals surface area (Å²) >= 11 is 1.37. The van der Waals surface area contributed by atoms with Gasteiger partial charge in [0.1, 0.15) is 24.0 Å². The van der Waals surface area contributed by atoms with Crippen LogP contribution in [0.3, 0.4) is 0 Å². The SMILES string of the molecule is C=CCn1c(COc2ccc(F)cc2)nnc1SCc1nc(N)nc(N)n1. The summed E-state index contributed by atoms with van der Waals surface area (Å²) in [6.07, 6.45) is 1.73. The molecule has 0 saturated carbocycles. The van der Waals surface area contributed by atoms with Crippen LogP contribution in [0.25, 0.3) is 0 Å². The highest BCUT2D eigenvalue weighted by Gasteiger charge is 2.14. The van der Waals surface area contributed by atoms with E-state index in [1.165, 1.54) is 23.9 Å². The van der Waals surface area contributed by atoms with Gasteiger partial charge in [-0.2, -0.15) is 15.0 Å². The summed E-state index contributed by atoms with van der Waals surface area (Å²) < 4.78 is 20.5. The molecule has 0 bridgehead atoms. The Morgan fingerprint density at radius 3 is 2.48 bits per heavy atom. The lowest BCUT2D eigenvalue weighted by Crippen LogP contribution is -2.08. The highest BCUT2D eigenvalue weighted by atomic mass is 32.2. The largest absolute Gasteiger partial charge is 0.486 e. The summed E-state index contributed by atoms with van der Waals surface area (Å²) in [4.78, 5) is 11.8. The molecule has 3 rings (SSSR count). The zero-order valence-electron chi connectivity index (χ0n) is 14.2. The number of aromatic nitrogens is 6. The highest BCUT2D eigenvalue weighted by molar-refractivity contribution is 7.98. The van der Waals surface area contributed by atoms with Gasteiger partial charge in [0.25, 0.3) is 0 Å². The zero-order valence-corrected chi connectivity index (χ0v) is 15.1. The molecule has 11 heteroatoms. The van der Waals surface area contributed by atoms with E-state index in [0.29, 0.717) is 34.9 Å². The molecule has 0 aliphatic carbocycles. The first-order valence-electron chi connectivity index (χ1n) is 7.85. The summed E-state index contributed by atoms with van der Waals surface area (Å²) in [5.41, 5.74) is 11.2. The van der Waals surface area contributed by atoms with Crippen LogP contribution in [0.15, 0.2) is 42.1 Å². The number of allylic oxidation sites excluding steroid dienone is 1. The average molecular weight is 388 g/mol. The molecular formula is C16H17FN8OS. The Bertz CT molecular complexity index is 910. The number of hydrogen-bond donors (Lipinski definition) is 2. The lowest BCUT2D eigenvalue weighted by Gasteiger charge is -2.09. The number of nitrogens with two attached hydrogens (primary N) is 2. The van der Waals surface area contributed by atoms with Crippen LogP contribution in [0.1, 0.15) is 11.6 Å². The number of ether oxygens (including phenoxy) is 1. The van der Waals surface area contributed by atoms with Gasteiger partial charge >= 0.3 is 0 Å². The molecule has 0 saturated heterocycles. The zero-order chi connectivity index (χ0) is 19.2. The third kappa shape index (κ3) is 4.91. The van der Waals surface area contributed by atoms with Crippen LogP contribution >= 0.6 is 11.8 Å². The van der Waals surface area contributed by atoms with Crippen molar-refractivity contribution in [2.75, 3.05) is 11.5 Å². The van der Waals surface area contributed by atoms with Crippen LogP contribution in [0.2, 0.25) is 0 Å². The van der Waals surface area contributed by atoms with Crippen molar-refractivity contribution in [1.29, 1.82) is 0 Å². The van der Waals surface area contributed by atoms with Crippen LogP contribution in [0.5, 0.6) is 5.75 Å². The van der Waals surface area contributed by atoms with Crippen molar-refractivity contribution in [2.45, 2.75) is 24.1 Å². The second-order valence-corrected chi connectivity index (χ2v) is 6.24. The van der Waals surface area contributed by atoms with Gasteiger partial charge in [0.15, 0.2) is 11.0 Å². The Morgan fingerprint density at radius 2 is 1.81 bits per heavy atom. The highest BCUT2D eigenvalue weighted by Crippen LogP contribution is 2.22. The number of hydrogen-bond acceptors (Lipinski definition) is 9. The first kappa shape index (κ1) is 18.6. The molecule has 1 aromatic carbocycles. The fraction of sp³-hybridized carbons (Fsp3) is 0.188. The van der Waals surface area contributed by atoms with Gasteiger partial charge in [-0.05, 0) is 24.3 Å². The van der Waals surface area contributed by atoms with Crippen LogP contribution in [0, 0.1) is 5.82 Å². The minimum atomic E-state index is -0.324. The van der Waals surface area contributed by atoms with E-state index in [-0.39, 0.29) is 24.3 Å². The van der Waals surface area contributed by atoms with E-state index in [1.807, 2.05) is 4.57 Å². The lowest BCUT2D eigenvalue weighted by molar-refractivity contribution is 0.288. The van der Waals surface area contributed by atoms with Gasteiger partial charge in [0, 0.05) is 6.54 Å². The number of anilines is 2. The maximum atomic E-state index is 13.0. The van der Waals surface area contributed by atoms with Gasteiger partial charge in [-0.25, -0.2) is 4.39 Å². The van der Waals surface area contributed by atoms with Gasteiger partial charge in [0.05, 0.1) is 5.75 Å². The van der Waals surface area contributed by atoms with E-state index < -0.39 is 0 Å². The van der Waals surface area contributed by atoms with E-state index in [2.05, 4.69) is 31.7 Å². The Hall–Kier alpha value is -3.21. The first-order chi connectivity index (χ1) is 13.0. The molecule has 27 heavy (non-hydrogen) atoms. The van der Waals surface area contributed by atoms with Crippen molar-refractivity contribution in [1.82, 2.24) is 29.7 Å². The van der Waals surface area contributed by atoms with Gasteiger partial charge in [0.2, 0.25) is 11.9 Å². The molecule has 0 fully saturated rings. The van der Waals surface area contributed by atoms with Crippen molar-refractivity contribution in [3.05, 3.63) is 54.4 Å². The molecule has 3 aromatic rings. The Balaban J connectivity index is 1.70. The third-order valence-corrected chi connectivity index (χ3v) is 4.30. The Morgan fingerprint density at radius 1 is 1.11 bits per heavy atom. The standard InChI is InChI=1S/C16H17FN8OS/c1-2-7-25-13(8-26-11-5-3-10(17)4-6-11)23-24-16(25)27-9-12-20-14(18)22-15(19)21-12/h2-6H,1,7-9H2,(H4,18,19,20,21,22). The number of rotatable bonds is 8. The first-order valence-corrected chi connectivity index (χ1v) is 8.83. The third-order valence-electron chi connectivity index (χ3n) is 3.33. The lowest BCUT2D eigenvalue weighted by atomic mass is 10.3. The van der Waals surface area contributed by atoms with Crippen molar-refractivity contribution >= 4 is 23.7 Å². The fourth-order valence-corrected chi connectivity index (χ4v) is 3.00. The molecule has 0 atom stereocenters. The summed E-state index contributed by atoms with van der Waals surface area (Å²) in [6.45, 7) is 4.43. The van der Waals surface area contributed by atoms with Crippen molar-refractivity contribution < 1.29 is 9.13 Å². The summed E-state index contributed by atoms with van der Waals surface area (Å²) in [5, 5.41) is 8.98. The number of thioether (sulfide) groups is 1. The molecule has 9 nitrogen and oxygen atoms in total. The van der Waals surface area contributed by atoms with Crippen LogP contribution in [-0.4, -0.2) is 29.7 Å². The van der Waals surface area contributed by atoms with Gasteiger partial charge in [-0.1, -0.05) is 17.8 Å². The molecule has 0 aliphatic heterocycles. The predicted molar refractivity (Wildman–Crippen MR) is 99.2 cm³/mol. The molecule has 0 amide bonds. The molecule has 0 radical (unpaired) electrons. The van der Waals surface area contributed by atoms with Crippen molar-refractivity contribution in [3.8, 4) is 5.75 Å². The summed E-state index contributed by atoms with van der Waals surface area (Å²) in [6, 6.07) is 5.76. The number of benzene rings is 1. The van der Waals surface area contributed by atoms with Crippen LogP contribution < -0.4 is 16.2 Å². The Labute approximate surface area is 158 Å². The molecule has 2 heterocycles. The smallest absolute Gasteiger partial charge is 0.225 e. The summed E-state index contributed by atoms with van der Waals surface area (Å²) in [7, 11) is 0. The molecule has 140 valence electrons. The predicted octanol–water partition coefficient (Wildman–Crippen LogP) is 1.82. The quantitative estimate of drug-likeness (QED) is 0.438. The normalized spacial score (nSPS) is 10.7. The number of halogens is 1. The van der Waals surface area contributed by atoms with Crippen molar-refractivity contribution in [3.63, 3.8) is 0 Å². The van der Waals surface area contributed by atoms with Gasteiger partial charge in [-0.3, -0.25) is 4.57 Å². The van der Waals surface area contributed by atoms with Crippen LogP contribution in [0.4, 0.5) is 16.3 Å². The second kappa shape index (κ2) is 8.45. The minimum absolute atomic E-state index is 0.0686. The molecule has 4 N–H and O–H groups in total. The van der Waals surface area contributed by atoms with Crippen molar-refractivity contribution in [2.24, 2.45) is 0 Å². The topological polar surface area (TPSA) is 131 Å². The monoisotopic (exact) mass is 388 g/mol. The van der Waals surface area contributed by atoms with Gasteiger partial charge < -0.3 is 16.2 Å². The average Bonchev–Trinajstić information content (AvgIpc) is 3.01. The molecule has 0 unspecified atom stereocenters. The second-order valence-electron chi connectivity index (χ2n) is 5.30. The fourth-order valence-electron chi connectivity index (χ4n) is 2.17. The van der Waals surface area contributed by atoms with Gasteiger partial charge in [-0.15, -0.1) is 16.8 Å². The molecular weight excluding hydrogens is 371 g/mol. The van der Waals surface area contributed by atoms with E-state index in [0.717, 1.165) is 0 Å². The van der Waals surface area contributed by atoms with E-state index in [9.17, 15) is 4.39 Å². The maximum Gasteiger partial charge on any atom is 0.225 e. The summed E-state index contributed by atoms with van der Waals surface area (Å²) in [5.74, 6) is 1.80. The molecule has 0 spiro atoms. The molecule has 2 aromatic heterocycles.